The molecule has 1 unspecified atom stereocenters. The van der Waals surface area contributed by atoms with E-state index in [9.17, 15) is 4.79 Å². The number of carbonyl (C=O) groups is 1. The maximum absolute atomic E-state index is 11.7. The third-order valence-corrected chi connectivity index (χ3v) is 3.17. The Morgan fingerprint density at radius 2 is 2.20 bits per heavy atom. The highest BCUT2D eigenvalue weighted by molar-refractivity contribution is 5.83. The second-order valence-electron chi connectivity index (χ2n) is 4.09. The molecule has 0 fully saturated rings. The normalized spacial score (nSPS) is 21.1. The molecule has 0 saturated heterocycles. The van der Waals surface area contributed by atoms with E-state index in [0.717, 1.165) is 19.5 Å². The van der Waals surface area contributed by atoms with Crippen molar-refractivity contribution in [1.29, 1.82) is 0 Å². The van der Waals surface area contributed by atoms with E-state index >= 15 is 0 Å². The fourth-order valence-corrected chi connectivity index (χ4v) is 2.44. The van der Waals surface area contributed by atoms with Crippen LogP contribution in [0.25, 0.3) is 0 Å². The zero-order chi connectivity index (χ0) is 10.8. The van der Waals surface area contributed by atoms with Gasteiger partial charge in [0.2, 0.25) is 0 Å². The standard InChI is InChI=1S/C13H17NO/c1-3-14-9-8-11-6-4-5-7-12(11)13(14)10(2)15/h4-7,13H,3,8-9H2,1-2H3. The van der Waals surface area contributed by atoms with Crippen LogP contribution in [0.2, 0.25) is 0 Å². The van der Waals surface area contributed by atoms with Gasteiger partial charge < -0.3 is 0 Å². The Bertz CT molecular complexity index is 373. The quantitative estimate of drug-likeness (QED) is 0.734. The molecule has 1 atom stereocenters. The van der Waals surface area contributed by atoms with E-state index in [0.29, 0.717) is 0 Å². The van der Waals surface area contributed by atoms with Crippen molar-refractivity contribution in [3.63, 3.8) is 0 Å². The summed E-state index contributed by atoms with van der Waals surface area (Å²) in [4.78, 5) is 13.9. The second kappa shape index (κ2) is 4.15. The molecule has 0 saturated carbocycles. The molecule has 2 rings (SSSR count). The Labute approximate surface area is 90.9 Å². The Hall–Kier alpha value is -1.15. The zero-order valence-corrected chi connectivity index (χ0v) is 9.36. The third-order valence-electron chi connectivity index (χ3n) is 3.17. The molecule has 0 aromatic heterocycles. The summed E-state index contributed by atoms with van der Waals surface area (Å²) in [7, 11) is 0. The predicted molar refractivity (Wildman–Crippen MR) is 60.8 cm³/mol. The van der Waals surface area contributed by atoms with Crippen molar-refractivity contribution in [2.75, 3.05) is 13.1 Å². The van der Waals surface area contributed by atoms with Gasteiger partial charge in [0.05, 0.1) is 6.04 Å². The molecular formula is C13H17NO. The van der Waals surface area contributed by atoms with Gasteiger partial charge in [-0.25, -0.2) is 0 Å². The third kappa shape index (κ3) is 1.82. The average Bonchev–Trinajstić information content (AvgIpc) is 2.27. The monoisotopic (exact) mass is 203 g/mol. The highest BCUT2D eigenvalue weighted by atomic mass is 16.1. The molecule has 0 aliphatic carbocycles. The lowest BCUT2D eigenvalue weighted by Crippen LogP contribution is -2.38. The zero-order valence-electron chi connectivity index (χ0n) is 9.36. The molecule has 1 aliphatic heterocycles. The number of ketones is 1. The maximum Gasteiger partial charge on any atom is 0.151 e. The molecule has 1 aromatic carbocycles. The largest absolute Gasteiger partial charge is 0.298 e. The molecule has 2 heteroatoms. The van der Waals surface area contributed by atoms with Crippen LogP contribution in [0.4, 0.5) is 0 Å². The van der Waals surface area contributed by atoms with Crippen LogP contribution in [0.5, 0.6) is 0 Å². The van der Waals surface area contributed by atoms with E-state index in [2.05, 4.69) is 30.0 Å². The molecule has 0 bridgehead atoms. The molecule has 0 N–H and O–H groups in total. The van der Waals surface area contributed by atoms with Crippen molar-refractivity contribution in [3.8, 4) is 0 Å². The lowest BCUT2D eigenvalue weighted by atomic mass is 9.90. The van der Waals surface area contributed by atoms with E-state index in [1.165, 1.54) is 11.1 Å². The van der Waals surface area contributed by atoms with E-state index < -0.39 is 0 Å². The van der Waals surface area contributed by atoms with Gasteiger partial charge in [-0.05, 0) is 31.0 Å². The van der Waals surface area contributed by atoms with Crippen molar-refractivity contribution < 1.29 is 4.79 Å². The molecule has 1 heterocycles. The average molecular weight is 203 g/mol. The minimum atomic E-state index is -0.0139. The van der Waals surface area contributed by atoms with Gasteiger partial charge in [0.15, 0.2) is 5.78 Å². The molecule has 2 nitrogen and oxygen atoms in total. The van der Waals surface area contributed by atoms with E-state index in [1.807, 2.05) is 6.07 Å². The van der Waals surface area contributed by atoms with E-state index in [1.54, 1.807) is 6.92 Å². The number of hydrogen-bond acceptors (Lipinski definition) is 2. The Kier molecular flexibility index (Phi) is 2.87. The first-order chi connectivity index (χ1) is 7.24. The summed E-state index contributed by atoms with van der Waals surface area (Å²) in [6.45, 7) is 5.75. The van der Waals surface area contributed by atoms with E-state index in [4.69, 9.17) is 0 Å². The van der Waals surface area contributed by atoms with Gasteiger partial charge in [-0.1, -0.05) is 31.2 Å². The summed E-state index contributed by atoms with van der Waals surface area (Å²) in [5.41, 5.74) is 2.54. The molecule has 0 radical (unpaired) electrons. The summed E-state index contributed by atoms with van der Waals surface area (Å²) in [6.07, 6.45) is 1.06. The number of hydrogen-bond donors (Lipinski definition) is 0. The number of fused-ring (bicyclic) bond motifs is 1. The van der Waals surface area contributed by atoms with Gasteiger partial charge in [-0.3, -0.25) is 9.69 Å². The van der Waals surface area contributed by atoms with Gasteiger partial charge in [0.25, 0.3) is 0 Å². The van der Waals surface area contributed by atoms with Gasteiger partial charge in [0, 0.05) is 6.54 Å². The fraction of sp³-hybridized carbons (Fsp3) is 0.462. The number of benzene rings is 1. The van der Waals surface area contributed by atoms with Crippen LogP contribution in [-0.2, 0) is 11.2 Å². The van der Waals surface area contributed by atoms with Crippen LogP contribution in [0.1, 0.15) is 31.0 Å². The first-order valence-electron chi connectivity index (χ1n) is 5.56. The lowest BCUT2D eigenvalue weighted by molar-refractivity contribution is -0.122. The Morgan fingerprint density at radius 1 is 1.47 bits per heavy atom. The topological polar surface area (TPSA) is 20.3 Å². The number of Topliss-reactive ketones (excluding diaryl/α,β-unsaturated/α-hetero) is 1. The summed E-state index contributed by atoms with van der Waals surface area (Å²) in [5, 5.41) is 0. The molecule has 0 spiro atoms. The molecule has 1 aliphatic rings. The Morgan fingerprint density at radius 3 is 2.87 bits per heavy atom. The van der Waals surface area contributed by atoms with Gasteiger partial charge >= 0.3 is 0 Å². The lowest BCUT2D eigenvalue weighted by Gasteiger charge is -2.34. The molecular weight excluding hydrogens is 186 g/mol. The minimum Gasteiger partial charge on any atom is -0.298 e. The molecule has 1 aromatic rings. The number of nitrogens with zero attached hydrogens (tertiary/aromatic N) is 1. The summed E-state index contributed by atoms with van der Waals surface area (Å²) >= 11 is 0. The fourth-order valence-electron chi connectivity index (χ4n) is 2.44. The summed E-state index contributed by atoms with van der Waals surface area (Å²) < 4.78 is 0. The first-order valence-corrected chi connectivity index (χ1v) is 5.56. The van der Waals surface area contributed by atoms with Crippen molar-refractivity contribution in [2.45, 2.75) is 26.3 Å². The van der Waals surface area contributed by atoms with Crippen LogP contribution < -0.4 is 0 Å². The highest BCUT2D eigenvalue weighted by Crippen LogP contribution is 2.29. The number of likely N-dealkylation sites (N-methyl/N-ethyl adjacent to an activating group) is 1. The van der Waals surface area contributed by atoms with Crippen molar-refractivity contribution >= 4 is 5.78 Å². The first kappa shape index (κ1) is 10.4. The predicted octanol–water partition coefficient (Wildman–Crippen LogP) is 2.19. The summed E-state index contributed by atoms with van der Waals surface area (Å²) in [5.74, 6) is 0.254. The SMILES string of the molecule is CCN1CCc2ccccc2C1C(C)=O. The van der Waals surface area contributed by atoms with Crippen LogP contribution in [0.15, 0.2) is 24.3 Å². The van der Waals surface area contributed by atoms with Crippen LogP contribution in [0.3, 0.4) is 0 Å². The highest BCUT2D eigenvalue weighted by Gasteiger charge is 2.28. The van der Waals surface area contributed by atoms with E-state index in [-0.39, 0.29) is 11.8 Å². The van der Waals surface area contributed by atoms with Crippen LogP contribution in [-0.4, -0.2) is 23.8 Å². The number of carbonyl (C=O) groups excluding carboxylic acids is 1. The van der Waals surface area contributed by atoms with Gasteiger partial charge in [-0.2, -0.15) is 0 Å². The molecule has 80 valence electrons. The molecule has 15 heavy (non-hydrogen) atoms. The van der Waals surface area contributed by atoms with Crippen LogP contribution in [0, 0.1) is 0 Å². The number of rotatable bonds is 2. The minimum absolute atomic E-state index is 0.0139. The van der Waals surface area contributed by atoms with Crippen molar-refractivity contribution in [3.05, 3.63) is 35.4 Å². The van der Waals surface area contributed by atoms with Gasteiger partial charge in [0.1, 0.15) is 0 Å². The maximum atomic E-state index is 11.7. The van der Waals surface area contributed by atoms with Crippen molar-refractivity contribution in [2.24, 2.45) is 0 Å². The van der Waals surface area contributed by atoms with Crippen molar-refractivity contribution in [1.82, 2.24) is 4.90 Å². The Balaban J connectivity index is 2.43. The van der Waals surface area contributed by atoms with Crippen LogP contribution >= 0.6 is 0 Å². The van der Waals surface area contributed by atoms with Gasteiger partial charge in [-0.15, -0.1) is 0 Å². The second-order valence-corrected chi connectivity index (χ2v) is 4.09. The molecule has 0 amide bonds. The summed E-state index contributed by atoms with van der Waals surface area (Å²) in [6, 6.07) is 8.28. The smallest absolute Gasteiger partial charge is 0.151 e.